The van der Waals surface area contributed by atoms with Crippen LogP contribution in [0.3, 0.4) is 0 Å². The molecule has 2 aliphatic heterocycles. The smallest absolute Gasteiger partial charge is 0.0512 e. The van der Waals surface area contributed by atoms with Gasteiger partial charge >= 0.3 is 0 Å². The summed E-state index contributed by atoms with van der Waals surface area (Å²) in [5.74, 6) is 1.61. The minimum absolute atomic E-state index is 0.481. The number of benzene rings is 1. The standard InChI is InChI=1S/C21H32N2O/c1-22-13-20(15-24-14-19-7-8-19)21(16-22)10-12-23(17-21)11-9-18-5-3-2-4-6-18/h2-6,19-20H,7-17H2,1H3/t20-,21+/m0/s1. The molecule has 0 N–H and O–H groups in total. The molecule has 3 heteroatoms. The number of hydrogen-bond donors (Lipinski definition) is 0. The van der Waals surface area contributed by atoms with Crippen molar-refractivity contribution in [3.05, 3.63) is 35.9 Å². The second-order valence-corrected chi connectivity index (χ2v) is 8.50. The van der Waals surface area contributed by atoms with Gasteiger partial charge < -0.3 is 14.5 Å². The predicted octanol–water partition coefficient (Wildman–Crippen LogP) is 2.91. The molecule has 132 valence electrons. The highest BCUT2D eigenvalue weighted by molar-refractivity contribution is 5.15. The van der Waals surface area contributed by atoms with E-state index in [0.29, 0.717) is 5.41 Å². The van der Waals surface area contributed by atoms with E-state index in [4.69, 9.17) is 4.74 Å². The summed E-state index contributed by atoms with van der Waals surface area (Å²) in [6, 6.07) is 10.9. The maximum absolute atomic E-state index is 6.10. The van der Waals surface area contributed by atoms with Crippen LogP contribution in [-0.2, 0) is 11.2 Å². The Morgan fingerprint density at radius 1 is 1.12 bits per heavy atom. The van der Waals surface area contributed by atoms with Crippen molar-refractivity contribution in [1.82, 2.24) is 9.80 Å². The number of hydrogen-bond acceptors (Lipinski definition) is 3. The van der Waals surface area contributed by atoms with E-state index in [1.54, 1.807) is 0 Å². The predicted molar refractivity (Wildman–Crippen MR) is 98.2 cm³/mol. The highest BCUT2D eigenvalue weighted by Crippen LogP contribution is 2.43. The van der Waals surface area contributed by atoms with Gasteiger partial charge in [-0.2, -0.15) is 0 Å². The summed E-state index contributed by atoms with van der Waals surface area (Å²) >= 11 is 0. The van der Waals surface area contributed by atoms with Crippen molar-refractivity contribution in [3.8, 4) is 0 Å². The SMILES string of the molecule is CN1C[C@@H](COCC2CC2)[C@]2(CCN(CCc3ccccc3)C2)C1. The largest absolute Gasteiger partial charge is 0.381 e. The van der Waals surface area contributed by atoms with Gasteiger partial charge in [0.1, 0.15) is 0 Å². The Labute approximate surface area is 147 Å². The summed E-state index contributed by atoms with van der Waals surface area (Å²) in [6.45, 7) is 8.19. The molecule has 0 bridgehead atoms. The summed E-state index contributed by atoms with van der Waals surface area (Å²) in [5, 5.41) is 0. The average Bonchev–Trinajstić information content (AvgIpc) is 3.25. The highest BCUT2D eigenvalue weighted by atomic mass is 16.5. The molecule has 2 saturated heterocycles. The first-order chi connectivity index (χ1) is 11.7. The molecule has 1 aromatic rings. The summed E-state index contributed by atoms with van der Waals surface area (Å²) in [5.41, 5.74) is 1.95. The van der Waals surface area contributed by atoms with Crippen LogP contribution in [-0.4, -0.2) is 62.8 Å². The lowest BCUT2D eigenvalue weighted by Gasteiger charge is -2.30. The zero-order valence-electron chi connectivity index (χ0n) is 15.1. The van der Waals surface area contributed by atoms with Gasteiger partial charge in [-0.25, -0.2) is 0 Å². The molecule has 0 unspecified atom stereocenters. The Balaban J connectivity index is 1.30. The van der Waals surface area contributed by atoms with Crippen molar-refractivity contribution in [2.75, 3.05) is 53.0 Å². The Hall–Kier alpha value is -0.900. The lowest BCUT2D eigenvalue weighted by molar-refractivity contribution is 0.0559. The fourth-order valence-electron chi connectivity index (χ4n) is 4.76. The van der Waals surface area contributed by atoms with Gasteiger partial charge in [0.25, 0.3) is 0 Å². The van der Waals surface area contributed by atoms with E-state index in [1.165, 1.54) is 64.0 Å². The molecule has 2 heterocycles. The van der Waals surface area contributed by atoms with Crippen molar-refractivity contribution < 1.29 is 4.74 Å². The van der Waals surface area contributed by atoms with Crippen LogP contribution in [0.2, 0.25) is 0 Å². The first-order valence-electron chi connectivity index (χ1n) is 9.76. The number of nitrogens with zero attached hydrogens (tertiary/aromatic N) is 2. The molecule has 3 nitrogen and oxygen atoms in total. The van der Waals surface area contributed by atoms with Crippen LogP contribution in [0.1, 0.15) is 24.8 Å². The summed E-state index contributed by atoms with van der Waals surface area (Å²) in [7, 11) is 2.29. The lowest BCUT2D eigenvalue weighted by atomic mass is 9.77. The van der Waals surface area contributed by atoms with E-state index in [9.17, 15) is 0 Å². The lowest BCUT2D eigenvalue weighted by Crippen LogP contribution is -2.36. The van der Waals surface area contributed by atoms with E-state index in [1.807, 2.05) is 0 Å². The summed E-state index contributed by atoms with van der Waals surface area (Å²) in [4.78, 5) is 5.23. The summed E-state index contributed by atoms with van der Waals surface area (Å²) < 4.78 is 6.10. The number of likely N-dealkylation sites (tertiary alicyclic amines) is 2. The van der Waals surface area contributed by atoms with Crippen LogP contribution in [0, 0.1) is 17.3 Å². The monoisotopic (exact) mass is 328 g/mol. The van der Waals surface area contributed by atoms with Gasteiger partial charge in [0.05, 0.1) is 6.61 Å². The third-order valence-electron chi connectivity index (χ3n) is 6.38. The minimum atomic E-state index is 0.481. The topological polar surface area (TPSA) is 15.7 Å². The van der Waals surface area contributed by atoms with E-state index in [2.05, 4.69) is 47.2 Å². The van der Waals surface area contributed by atoms with Crippen LogP contribution in [0.5, 0.6) is 0 Å². The molecule has 2 atom stereocenters. The Kier molecular flexibility index (Phi) is 4.93. The van der Waals surface area contributed by atoms with Gasteiger partial charge in [-0.05, 0) is 50.8 Å². The molecule has 1 spiro atoms. The van der Waals surface area contributed by atoms with Gasteiger partial charge in [0.15, 0.2) is 0 Å². The fourth-order valence-corrected chi connectivity index (χ4v) is 4.76. The molecule has 0 aromatic heterocycles. The van der Waals surface area contributed by atoms with Crippen molar-refractivity contribution in [3.63, 3.8) is 0 Å². The number of rotatable bonds is 7. The molecule has 4 rings (SSSR count). The van der Waals surface area contributed by atoms with Crippen LogP contribution >= 0.6 is 0 Å². The molecular formula is C21H32N2O. The Bertz CT molecular complexity index is 530. The maximum atomic E-state index is 6.10. The molecule has 1 aromatic carbocycles. The van der Waals surface area contributed by atoms with E-state index < -0.39 is 0 Å². The van der Waals surface area contributed by atoms with E-state index >= 15 is 0 Å². The third-order valence-corrected chi connectivity index (χ3v) is 6.38. The third kappa shape index (κ3) is 3.84. The molecule has 1 aliphatic carbocycles. The zero-order chi connectivity index (χ0) is 16.4. The van der Waals surface area contributed by atoms with Crippen LogP contribution < -0.4 is 0 Å². The van der Waals surface area contributed by atoms with Gasteiger partial charge in [-0.1, -0.05) is 30.3 Å². The molecule has 3 fully saturated rings. The van der Waals surface area contributed by atoms with Gasteiger partial charge in [-0.3, -0.25) is 0 Å². The first kappa shape index (κ1) is 16.6. The van der Waals surface area contributed by atoms with Crippen LogP contribution in [0.15, 0.2) is 30.3 Å². The average molecular weight is 329 g/mol. The van der Waals surface area contributed by atoms with Gasteiger partial charge in [-0.15, -0.1) is 0 Å². The number of ether oxygens (including phenoxy) is 1. The quantitative estimate of drug-likeness (QED) is 0.765. The van der Waals surface area contributed by atoms with Gasteiger partial charge in [0.2, 0.25) is 0 Å². The first-order valence-corrected chi connectivity index (χ1v) is 9.76. The molecule has 1 saturated carbocycles. The van der Waals surface area contributed by atoms with Crippen molar-refractivity contribution in [2.45, 2.75) is 25.7 Å². The van der Waals surface area contributed by atoms with Crippen LogP contribution in [0.25, 0.3) is 0 Å². The van der Waals surface area contributed by atoms with Gasteiger partial charge in [0, 0.05) is 44.1 Å². The fraction of sp³-hybridized carbons (Fsp3) is 0.714. The minimum Gasteiger partial charge on any atom is -0.381 e. The Morgan fingerprint density at radius 2 is 1.96 bits per heavy atom. The van der Waals surface area contributed by atoms with Crippen molar-refractivity contribution >= 4 is 0 Å². The normalized spacial score (nSPS) is 31.3. The Morgan fingerprint density at radius 3 is 2.75 bits per heavy atom. The maximum Gasteiger partial charge on any atom is 0.0512 e. The zero-order valence-corrected chi connectivity index (χ0v) is 15.1. The second kappa shape index (κ2) is 7.15. The van der Waals surface area contributed by atoms with E-state index in [0.717, 1.165) is 25.0 Å². The second-order valence-electron chi connectivity index (χ2n) is 8.50. The molecular weight excluding hydrogens is 296 g/mol. The molecule has 0 amide bonds. The summed E-state index contributed by atoms with van der Waals surface area (Å²) in [6.07, 6.45) is 5.31. The van der Waals surface area contributed by atoms with Crippen LogP contribution in [0.4, 0.5) is 0 Å². The molecule has 24 heavy (non-hydrogen) atoms. The van der Waals surface area contributed by atoms with E-state index in [-0.39, 0.29) is 0 Å². The van der Waals surface area contributed by atoms with Crippen molar-refractivity contribution in [2.24, 2.45) is 17.3 Å². The highest BCUT2D eigenvalue weighted by Gasteiger charge is 2.49. The molecule has 3 aliphatic rings. The molecule has 0 radical (unpaired) electrons. The van der Waals surface area contributed by atoms with Crippen molar-refractivity contribution in [1.29, 1.82) is 0 Å².